The molecule has 0 unspecified atom stereocenters. The summed E-state index contributed by atoms with van der Waals surface area (Å²) in [5.41, 5.74) is 2.22. The van der Waals surface area contributed by atoms with E-state index in [2.05, 4.69) is 5.32 Å². The zero-order valence-electron chi connectivity index (χ0n) is 13.3. The van der Waals surface area contributed by atoms with E-state index in [0.717, 1.165) is 18.4 Å². The van der Waals surface area contributed by atoms with Crippen molar-refractivity contribution in [2.45, 2.75) is 39.2 Å². The first-order valence-electron chi connectivity index (χ1n) is 7.85. The van der Waals surface area contributed by atoms with Crippen LogP contribution in [0.15, 0.2) is 24.3 Å². The molecule has 1 saturated heterocycles. The van der Waals surface area contributed by atoms with E-state index in [1.807, 2.05) is 36.1 Å². The number of hydrogen-bond acceptors (Lipinski definition) is 3. The van der Waals surface area contributed by atoms with Gasteiger partial charge in [0.2, 0.25) is 5.91 Å². The van der Waals surface area contributed by atoms with Crippen molar-refractivity contribution in [1.29, 1.82) is 0 Å². The summed E-state index contributed by atoms with van der Waals surface area (Å²) in [5.74, 6) is 0.153. The number of carbonyl (C=O) groups excluding carboxylic acids is 2. The van der Waals surface area contributed by atoms with Crippen LogP contribution in [0.25, 0.3) is 0 Å². The Bertz CT molecular complexity index is 522. The summed E-state index contributed by atoms with van der Waals surface area (Å²) >= 11 is 0. The quantitative estimate of drug-likeness (QED) is 0.928. The summed E-state index contributed by atoms with van der Waals surface area (Å²) in [6.07, 6.45) is 1.63. The third-order valence-corrected chi connectivity index (χ3v) is 3.88. The predicted octanol–water partition coefficient (Wildman–Crippen LogP) is 2.27. The summed E-state index contributed by atoms with van der Waals surface area (Å²) in [7, 11) is 0. The summed E-state index contributed by atoms with van der Waals surface area (Å²) in [6.45, 7) is 5.55. The van der Waals surface area contributed by atoms with Crippen LogP contribution in [0.5, 0.6) is 0 Å². The third-order valence-electron chi connectivity index (χ3n) is 3.88. The highest BCUT2D eigenvalue weighted by Crippen LogP contribution is 2.13. The Balaban J connectivity index is 1.78. The minimum Gasteiger partial charge on any atom is -0.450 e. The van der Waals surface area contributed by atoms with Gasteiger partial charge in [-0.1, -0.05) is 29.8 Å². The number of aryl methyl sites for hydroxylation is 1. The first-order chi connectivity index (χ1) is 10.6. The van der Waals surface area contributed by atoms with Crippen molar-refractivity contribution in [3.8, 4) is 0 Å². The molecule has 1 heterocycles. The zero-order valence-corrected chi connectivity index (χ0v) is 13.3. The summed E-state index contributed by atoms with van der Waals surface area (Å²) in [5, 5.41) is 2.84. The number of amides is 2. The van der Waals surface area contributed by atoms with Crippen LogP contribution in [0.4, 0.5) is 4.79 Å². The molecule has 1 aliphatic heterocycles. The highest BCUT2D eigenvalue weighted by atomic mass is 16.5. The summed E-state index contributed by atoms with van der Waals surface area (Å²) in [6, 6.07) is 8.14. The third kappa shape index (κ3) is 4.76. The minimum atomic E-state index is -0.368. The Kier molecular flexibility index (Phi) is 5.81. The van der Waals surface area contributed by atoms with E-state index in [-0.39, 0.29) is 18.0 Å². The lowest BCUT2D eigenvalue weighted by molar-refractivity contribution is -0.131. The Hall–Kier alpha value is -2.04. The van der Waals surface area contributed by atoms with Crippen molar-refractivity contribution in [3.05, 3.63) is 35.4 Å². The molecule has 0 atom stereocenters. The smallest absolute Gasteiger partial charge is 0.407 e. The number of carbonyl (C=O) groups is 2. The maximum Gasteiger partial charge on any atom is 0.407 e. The summed E-state index contributed by atoms with van der Waals surface area (Å²) in [4.78, 5) is 25.6. The first-order valence-corrected chi connectivity index (χ1v) is 7.85. The molecule has 1 aromatic rings. The van der Waals surface area contributed by atoms with Gasteiger partial charge < -0.3 is 15.0 Å². The molecular formula is C17H24N2O3. The van der Waals surface area contributed by atoms with Crippen LogP contribution in [-0.2, 0) is 16.0 Å². The SMILES string of the molecule is CCOC(=O)NC1CCN(C(=O)Cc2cccc(C)c2)CC1. The normalized spacial score (nSPS) is 15.5. The molecule has 1 N–H and O–H groups in total. The highest BCUT2D eigenvalue weighted by molar-refractivity contribution is 5.79. The van der Waals surface area contributed by atoms with Crippen LogP contribution >= 0.6 is 0 Å². The fourth-order valence-electron chi connectivity index (χ4n) is 2.72. The van der Waals surface area contributed by atoms with Crippen molar-refractivity contribution in [1.82, 2.24) is 10.2 Å². The fourth-order valence-corrected chi connectivity index (χ4v) is 2.72. The van der Waals surface area contributed by atoms with E-state index in [1.165, 1.54) is 5.56 Å². The lowest BCUT2D eigenvalue weighted by Crippen LogP contribution is -2.47. The number of benzene rings is 1. The lowest BCUT2D eigenvalue weighted by atomic mass is 10.0. The largest absolute Gasteiger partial charge is 0.450 e. The predicted molar refractivity (Wildman–Crippen MR) is 84.6 cm³/mol. The van der Waals surface area contributed by atoms with Crippen LogP contribution in [0.1, 0.15) is 30.9 Å². The minimum absolute atomic E-state index is 0.0991. The van der Waals surface area contributed by atoms with Gasteiger partial charge in [0.25, 0.3) is 0 Å². The molecule has 0 bridgehead atoms. The van der Waals surface area contributed by atoms with Gasteiger partial charge >= 0.3 is 6.09 Å². The molecule has 0 radical (unpaired) electrons. The zero-order chi connectivity index (χ0) is 15.9. The summed E-state index contributed by atoms with van der Waals surface area (Å²) < 4.78 is 4.88. The van der Waals surface area contributed by atoms with E-state index in [1.54, 1.807) is 6.92 Å². The number of ether oxygens (including phenoxy) is 1. The Labute approximate surface area is 131 Å². The molecule has 0 aliphatic carbocycles. The Morgan fingerprint density at radius 1 is 1.32 bits per heavy atom. The van der Waals surface area contributed by atoms with Gasteiger partial charge in [-0.05, 0) is 32.3 Å². The average molecular weight is 304 g/mol. The first kappa shape index (κ1) is 16.3. The van der Waals surface area contributed by atoms with E-state index in [0.29, 0.717) is 26.1 Å². The molecule has 1 fully saturated rings. The van der Waals surface area contributed by atoms with Crippen LogP contribution in [0, 0.1) is 6.92 Å². The molecule has 5 nitrogen and oxygen atoms in total. The number of nitrogens with zero attached hydrogens (tertiary/aromatic N) is 1. The van der Waals surface area contributed by atoms with E-state index in [4.69, 9.17) is 4.74 Å². The second kappa shape index (κ2) is 7.82. The Morgan fingerprint density at radius 2 is 2.05 bits per heavy atom. The molecular weight excluding hydrogens is 280 g/mol. The standard InChI is InChI=1S/C17H24N2O3/c1-3-22-17(21)18-15-7-9-19(10-8-15)16(20)12-14-6-4-5-13(2)11-14/h4-6,11,15H,3,7-10,12H2,1-2H3,(H,18,21). The van der Waals surface area contributed by atoms with Gasteiger partial charge in [-0.25, -0.2) is 4.79 Å². The second-order valence-corrected chi connectivity index (χ2v) is 5.69. The van der Waals surface area contributed by atoms with Gasteiger partial charge in [0, 0.05) is 19.1 Å². The molecule has 2 amide bonds. The number of likely N-dealkylation sites (tertiary alicyclic amines) is 1. The fraction of sp³-hybridized carbons (Fsp3) is 0.529. The second-order valence-electron chi connectivity index (χ2n) is 5.69. The maximum absolute atomic E-state index is 12.3. The van der Waals surface area contributed by atoms with Gasteiger partial charge in [-0.3, -0.25) is 4.79 Å². The van der Waals surface area contributed by atoms with Gasteiger partial charge in [-0.15, -0.1) is 0 Å². The van der Waals surface area contributed by atoms with Crippen molar-refractivity contribution < 1.29 is 14.3 Å². The van der Waals surface area contributed by atoms with Gasteiger partial charge in [0.15, 0.2) is 0 Å². The number of rotatable bonds is 4. The average Bonchev–Trinajstić information content (AvgIpc) is 2.48. The molecule has 0 aromatic heterocycles. The molecule has 2 rings (SSSR count). The van der Waals surface area contributed by atoms with Crippen LogP contribution in [0.2, 0.25) is 0 Å². The van der Waals surface area contributed by atoms with E-state index < -0.39 is 0 Å². The molecule has 0 saturated carbocycles. The van der Waals surface area contributed by atoms with Gasteiger partial charge in [-0.2, -0.15) is 0 Å². The maximum atomic E-state index is 12.3. The number of piperidine rings is 1. The lowest BCUT2D eigenvalue weighted by Gasteiger charge is -2.32. The Morgan fingerprint density at radius 3 is 2.68 bits per heavy atom. The van der Waals surface area contributed by atoms with Crippen molar-refractivity contribution in [2.75, 3.05) is 19.7 Å². The monoisotopic (exact) mass is 304 g/mol. The van der Waals surface area contributed by atoms with Crippen LogP contribution in [0.3, 0.4) is 0 Å². The van der Waals surface area contributed by atoms with Crippen molar-refractivity contribution in [2.24, 2.45) is 0 Å². The van der Waals surface area contributed by atoms with Crippen molar-refractivity contribution in [3.63, 3.8) is 0 Å². The topological polar surface area (TPSA) is 58.6 Å². The van der Waals surface area contributed by atoms with E-state index >= 15 is 0 Å². The number of nitrogens with one attached hydrogen (secondary N) is 1. The molecule has 22 heavy (non-hydrogen) atoms. The highest BCUT2D eigenvalue weighted by Gasteiger charge is 2.24. The molecule has 1 aromatic carbocycles. The number of alkyl carbamates (subject to hydrolysis) is 1. The number of hydrogen-bond donors (Lipinski definition) is 1. The van der Waals surface area contributed by atoms with Crippen molar-refractivity contribution >= 4 is 12.0 Å². The molecule has 5 heteroatoms. The molecule has 120 valence electrons. The molecule has 0 spiro atoms. The molecule has 1 aliphatic rings. The van der Waals surface area contributed by atoms with Gasteiger partial charge in [0.1, 0.15) is 0 Å². The van der Waals surface area contributed by atoms with Crippen LogP contribution in [-0.4, -0.2) is 42.6 Å². The van der Waals surface area contributed by atoms with E-state index in [9.17, 15) is 9.59 Å². The van der Waals surface area contributed by atoms with Gasteiger partial charge in [0.05, 0.1) is 13.0 Å². The van der Waals surface area contributed by atoms with Crippen LogP contribution < -0.4 is 5.32 Å².